The lowest BCUT2D eigenvalue weighted by atomic mass is 9.91. The fourth-order valence-electron chi connectivity index (χ4n) is 2.64. The van der Waals surface area contributed by atoms with Crippen LogP contribution in [0.1, 0.15) is 17.0 Å². The van der Waals surface area contributed by atoms with E-state index in [2.05, 4.69) is 40.2 Å². The van der Waals surface area contributed by atoms with Gasteiger partial charge in [0.1, 0.15) is 0 Å². The van der Waals surface area contributed by atoms with Crippen molar-refractivity contribution in [3.8, 4) is 0 Å². The van der Waals surface area contributed by atoms with Crippen LogP contribution in [0.4, 0.5) is 5.69 Å². The van der Waals surface area contributed by atoms with Crippen LogP contribution >= 0.6 is 15.9 Å². The number of halogens is 1. The molecule has 0 atom stereocenters. The van der Waals surface area contributed by atoms with Crippen LogP contribution in [0.5, 0.6) is 0 Å². The maximum Gasteiger partial charge on any atom is 0.200 e. The Morgan fingerprint density at radius 1 is 0.792 bits per heavy atom. The van der Waals surface area contributed by atoms with Crippen LogP contribution in [-0.2, 0) is 4.74 Å². The Balaban J connectivity index is 2.07. The average Bonchev–Trinajstić information content (AvgIpc) is 2.64. The summed E-state index contributed by atoms with van der Waals surface area (Å²) in [6.07, 6.45) is 0. The molecule has 0 aromatic heterocycles. The number of nitrogens with zero attached hydrogens (tertiary/aromatic N) is 1. The second-order valence-electron chi connectivity index (χ2n) is 5.38. The van der Waals surface area contributed by atoms with Gasteiger partial charge in [-0.25, -0.2) is 4.99 Å². The van der Waals surface area contributed by atoms with Crippen molar-refractivity contribution in [1.82, 2.24) is 0 Å². The minimum Gasteiger partial charge on any atom is -0.483 e. The second kappa shape index (κ2) is 7.93. The number of methoxy groups -OCH3 is 1. The van der Waals surface area contributed by atoms with Crippen LogP contribution in [0, 0.1) is 0 Å². The number of ether oxygens (including phenoxy) is 1. The van der Waals surface area contributed by atoms with Crippen LogP contribution in [0.15, 0.2) is 94.4 Å². The number of hydrogen-bond donors (Lipinski definition) is 0. The summed E-state index contributed by atoms with van der Waals surface area (Å²) in [6.45, 7) is 0. The molecule has 0 heterocycles. The third kappa shape index (κ3) is 3.92. The fraction of sp³-hybridized carbons (Fsp3) is 0.0952. The Labute approximate surface area is 151 Å². The predicted molar refractivity (Wildman–Crippen MR) is 103 cm³/mol. The molecular weight excluding hydrogens is 362 g/mol. The van der Waals surface area contributed by atoms with E-state index in [0.29, 0.717) is 5.90 Å². The summed E-state index contributed by atoms with van der Waals surface area (Å²) >= 11 is 3.45. The molecule has 2 nitrogen and oxygen atoms in total. The summed E-state index contributed by atoms with van der Waals surface area (Å²) in [5, 5.41) is 0. The Morgan fingerprint density at radius 2 is 1.29 bits per heavy atom. The zero-order valence-corrected chi connectivity index (χ0v) is 15.0. The second-order valence-corrected chi connectivity index (χ2v) is 6.30. The van der Waals surface area contributed by atoms with Crippen LogP contribution < -0.4 is 0 Å². The van der Waals surface area contributed by atoms with Crippen molar-refractivity contribution in [2.24, 2.45) is 4.99 Å². The van der Waals surface area contributed by atoms with Crippen LogP contribution in [0.3, 0.4) is 0 Å². The SMILES string of the molecule is COC(=Nc1ccc(Br)cc1)C(c1ccccc1)c1ccccc1. The van der Waals surface area contributed by atoms with Crippen LogP contribution in [0.25, 0.3) is 0 Å². The summed E-state index contributed by atoms with van der Waals surface area (Å²) in [7, 11) is 1.68. The molecule has 0 saturated heterocycles. The van der Waals surface area contributed by atoms with Crippen molar-refractivity contribution in [2.45, 2.75) is 5.92 Å². The van der Waals surface area contributed by atoms with E-state index >= 15 is 0 Å². The molecule has 3 heteroatoms. The van der Waals surface area contributed by atoms with Gasteiger partial charge in [0.05, 0.1) is 18.7 Å². The highest BCUT2D eigenvalue weighted by Crippen LogP contribution is 2.28. The maximum absolute atomic E-state index is 5.69. The Bertz CT molecular complexity index is 759. The molecule has 0 aliphatic rings. The molecule has 0 aliphatic heterocycles. The van der Waals surface area contributed by atoms with Crippen molar-refractivity contribution in [1.29, 1.82) is 0 Å². The van der Waals surface area contributed by atoms with Gasteiger partial charge >= 0.3 is 0 Å². The largest absolute Gasteiger partial charge is 0.483 e. The molecule has 0 radical (unpaired) electrons. The molecule has 120 valence electrons. The summed E-state index contributed by atoms with van der Waals surface area (Å²) in [5.41, 5.74) is 3.18. The van der Waals surface area contributed by atoms with Gasteiger partial charge in [-0.05, 0) is 35.4 Å². The van der Waals surface area contributed by atoms with Crippen LogP contribution in [-0.4, -0.2) is 13.0 Å². The quantitative estimate of drug-likeness (QED) is 0.404. The van der Waals surface area contributed by atoms with Gasteiger partial charge in [0.2, 0.25) is 0 Å². The molecule has 0 unspecified atom stereocenters. The van der Waals surface area contributed by atoms with Gasteiger partial charge in [0.15, 0.2) is 5.90 Å². The van der Waals surface area contributed by atoms with E-state index in [4.69, 9.17) is 9.73 Å². The molecule has 0 aliphatic carbocycles. The third-order valence-corrected chi connectivity index (χ3v) is 4.32. The Kier molecular flexibility index (Phi) is 5.44. The summed E-state index contributed by atoms with van der Waals surface area (Å²) in [5.74, 6) is 0.635. The van der Waals surface area contributed by atoms with E-state index in [1.54, 1.807) is 7.11 Å². The first kappa shape index (κ1) is 16.5. The van der Waals surface area contributed by atoms with Crippen molar-refractivity contribution >= 4 is 27.5 Å². The molecule has 0 spiro atoms. The minimum atomic E-state index is -0.0407. The smallest absolute Gasteiger partial charge is 0.200 e. The van der Waals surface area contributed by atoms with E-state index in [1.165, 1.54) is 0 Å². The number of benzene rings is 3. The van der Waals surface area contributed by atoms with Crippen molar-refractivity contribution in [2.75, 3.05) is 7.11 Å². The van der Waals surface area contributed by atoms with Crippen LogP contribution in [0.2, 0.25) is 0 Å². The Hall–Kier alpha value is -2.39. The van der Waals surface area contributed by atoms with E-state index < -0.39 is 0 Å². The highest BCUT2D eigenvalue weighted by atomic mass is 79.9. The zero-order valence-electron chi connectivity index (χ0n) is 13.4. The van der Waals surface area contributed by atoms with Gasteiger partial charge in [-0.1, -0.05) is 76.6 Å². The topological polar surface area (TPSA) is 21.6 Å². The number of aliphatic imine (C=N–C) groups is 1. The molecule has 0 N–H and O–H groups in total. The molecular formula is C21H18BrNO. The molecule has 0 bridgehead atoms. The molecule has 0 amide bonds. The van der Waals surface area contributed by atoms with Gasteiger partial charge in [-0.2, -0.15) is 0 Å². The molecule has 24 heavy (non-hydrogen) atoms. The lowest BCUT2D eigenvalue weighted by molar-refractivity contribution is 0.388. The molecule has 3 aromatic rings. The Morgan fingerprint density at radius 3 is 1.75 bits per heavy atom. The zero-order chi connectivity index (χ0) is 16.8. The predicted octanol–water partition coefficient (Wildman–Crippen LogP) is 5.96. The lowest BCUT2D eigenvalue weighted by Crippen LogP contribution is -2.16. The fourth-order valence-corrected chi connectivity index (χ4v) is 2.90. The summed E-state index contributed by atoms with van der Waals surface area (Å²) in [6, 6.07) is 28.5. The minimum absolute atomic E-state index is 0.0407. The monoisotopic (exact) mass is 379 g/mol. The van der Waals surface area contributed by atoms with Crippen molar-refractivity contribution in [3.63, 3.8) is 0 Å². The summed E-state index contributed by atoms with van der Waals surface area (Å²) < 4.78 is 6.72. The first-order valence-corrected chi connectivity index (χ1v) is 8.55. The maximum atomic E-state index is 5.69. The van der Waals surface area contributed by atoms with E-state index in [1.807, 2.05) is 60.7 Å². The molecule has 3 aromatic carbocycles. The van der Waals surface area contributed by atoms with Gasteiger partial charge in [-0.3, -0.25) is 0 Å². The molecule has 3 rings (SSSR count). The van der Waals surface area contributed by atoms with Gasteiger partial charge in [0, 0.05) is 4.47 Å². The standard InChI is InChI=1S/C21H18BrNO/c1-24-21(23-19-14-12-18(22)13-15-19)20(16-8-4-2-5-9-16)17-10-6-3-7-11-17/h2-15,20H,1H3. The number of hydrogen-bond acceptors (Lipinski definition) is 2. The average molecular weight is 380 g/mol. The molecule has 0 saturated carbocycles. The number of rotatable bonds is 4. The normalized spacial score (nSPS) is 11.5. The van der Waals surface area contributed by atoms with Gasteiger partial charge in [0.25, 0.3) is 0 Å². The highest BCUT2D eigenvalue weighted by molar-refractivity contribution is 9.10. The first-order chi connectivity index (χ1) is 11.8. The molecule has 0 fully saturated rings. The third-order valence-electron chi connectivity index (χ3n) is 3.79. The van der Waals surface area contributed by atoms with Gasteiger partial charge < -0.3 is 4.74 Å². The van der Waals surface area contributed by atoms with Crippen molar-refractivity contribution < 1.29 is 4.74 Å². The van der Waals surface area contributed by atoms with E-state index in [-0.39, 0.29) is 5.92 Å². The van der Waals surface area contributed by atoms with E-state index in [9.17, 15) is 0 Å². The van der Waals surface area contributed by atoms with Gasteiger partial charge in [-0.15, -0.1) is 0 Å². The lowest BCUT2D eigenvalue weighted by Gasteiger charge is -2.19. The first-order valence-electron chi connectivity index (χ1n) is 7.76. The summed E-state index contributed by atoms with van der Waals surface area (Å²) in [4.78, 5) is 4.74. The van der Waals surface area contributed by atoms with Crippen molar-refractivity contribution in [3.05, 3.63) is 101 Å². The highest BCUT2D eigenvalue weighted by Gasteiger charge is 2.21. The van der Waals surface area contributed by atoms with E-state index in [0.717, 1.165) is 21.3 Å².